The van der Waals surface area contributed by atoms with Gasteiger partial charge in [0.1, 0.15) is 0 Å². The van der Waals surface area contributed by atoms with Gasteiger partial charge in [0.25, 0.3) is 0 Å². The molecule has 2 aromatic rings. The number of hydrogen-bond acceptors (Lipinski definition) is 3. The molecule has 0 amide bonds. The zero-order valence-corrected chi connectivity index (χ0v) is 12.2. The first-order valence-corrected chi connectivity index (χ1v) is 7.50. The summed E-state index contributed by atoms with van der Waals surface area (Å²) in [5.41, 5.74) is 1.61. The molecule has 0 saturated heterocycles. The summed E-state index contributed by atoms with van der Waals surface area (Å²) >= 11 is 0. The first kappa shape index (κ1) is 13.9. The highest BCUT2D eigenvalue weighted by molar-refractivity contribution is 5.78. The van der Waals surface area contributed by atoms with Gasteiger partial charge in [-0.1, -0.05) is 30.9 Å². The van der Waals surface area contributed by atoms with Crippen LogP contribution in [0.15, 0.2) is 30.3 Å². The van der Waals surface area contributed by atoms with E-state index in [9.17, 15) is 10.0 Å². The van der Waals surface area contributed by atoms with E-state index in [0.717, 1.165) is 36.6 Å². The number of carbonyl (C=O) groups is 1. The van der Waals surface area contributed by atoms with E-state index in [4.69, 9.17) is 4.74 Å². The second-order valence-corrected chi connectivity index (χ2v) is 5.78. The highest BCUT2D eigenvalue weighted by Gasteiger charge is 2.25. The predicted molar refractivity (Wildman–Crippen MR) is 79.9 cm³/mol. The molecule has 1 heterocycles. The topological polar surface area (TPSA) is 53.2 Å². The molecular weight excluding hydrogens is 266 g/mol. The van der Waals surface area contributed by atoms with E-state index in [0.29, 0.717) is 10.2 Å². The molecule has 1 saturated carbocycles. The number of esters is 1. The first-order chi connectivity index (χ1) is 10.1. The van der Waals surface area contributed by atoms with Crippen LogP contribution in [0.25, 0.3) is 10.9 Å². The van der Waals surface area contributed by atoms with Crippen LogP contribution in [0.2, 0.25) is 0 Å². The third-order valence-electron chi connectivity index (χ3n) is 4.15. The van der Waals surface area contributed by atoms with E-state index in [1.807, 2.05) is 25.1 Å². The molecule has 1 aromatic carbocycles. The molecule has 0 unspecified atom stereocenters. The van der Waals surface area contributed by atoms with Gasteiger partial charge < -0.3 is 9.94 Å². The van der Waals surface area contributed by atoms with Crippen molar-refractivity contribution in [3.63, 3.8) is 0 Å². The van der Waals surface area contributed by atoms with Crippen LogP contribution in [0, 0.1) is 18.0 Å². The molecule has 4 nitrogen and oxygen atoms in total. The number of nitrogens with zero attached hydrogens (tertiary/aromatic N) is 1. The molecule has 0 N–H and O–H groups in total. The van der Waals surface area contributed by atoms with Crippen LogP contribution in [0.4, 0.5) is 0 Å². The average Bonchev–Trinajstić information content (AvgIpc) is 2.51. The maximum absolute atomic E-state index is 12.3. The van der Waals surface area contributed by atoms with Gasteiger partial charge in [-0.15, -0.1) is 4.73 Å². The Labute approximate surface area is 123 Å². The molecule has 1 aromatic heterocycles. The number of fused-ring (bicyclic) bond motifs is 1. The molecule has 0 aliphatic heterocycles. The Balaban J connectivity index is 1.85. The van der Waals surface area contributed by atoms with Crippen LogP contribution in [-0.4, -0.2) is 5.97 Å². The van der Waals surface area contributed by atoms with Crippen molar-refractivity contribution in [2.45, 2.75) is 39.0 Å². The highest BCUT2D eigenvalue weighted by atomic mass is 16.6. The number of rotatable bonds is 2. The van der Waals surface area contributed by atoms with E-state index >= 15 is 0 Å². The summed E-state index contributed by atoms with van der Waals surface area (Å²) in [6.45, 7) is 1.98. The minimum absolute atomic E-state index is 0.0625. The maximum Gasteiger partial charge on any atom is 0.387 e. The summed E-state index contributed by atoms with van der Waals surface area (Å²) in [5, 5.41) is 13.1. The summed E-state index contributed by atoms with van der Waals surface area (Å²) in [6.07, 6.45) is 5.04. The van der Waals surface area contributed by atoms with Gasteiger partial charge in [0.15, 0.2) is 0 Å². The Morgan fingerprint density at radius 2 is 1.95 bits per heavy atom. The van der Waals surface area contributed by atoms with Gasteiger partial charge in [-0.2, -0.15) is 0 Å². The van der Waals surface area contributed by atoms with Crippen LogP contribution in [0.1, 0.15) is 37.7 Å². The van der Waals surface area contributed by atoms with Crippen LogP contribution in [0.5, 0.6) is 5.88 Å². The number of ether oxygens (including phenoxy) is 1. The summed E-state index contributed by atoms with van der Waals surface area (Å²) < 4.78 is 6.04. The molecule has 1 aliphatic carbocycles. The lowest BCUT2D eigenvalue weighted by atomic mass is 9.89. The van der Waals surface area contributed by atoms with E-state index in [1.54, 1.807) is 12.1 Å². The van der Waals surface area contributed by atoms with Crippen LogP contribution in [0.3, 0.4) is 0 Å². The van der Waals surface area contributed by atoms with Gasteiger partial charge in [0, 0.05) is 11.5 Å². The van der Waals surface area contributed by atoms with Crippen molar-refractivity contribution >= 4 is 16.9 Å². The van der Waals surface area contributed by atoms with E-state index in [-0.39, 0.29) is 17.8 Å². The fourth-order valence-corrected chi connectivity index (χ4v) is 2.94. The minimum atomic E-state index is -0.272. The normalized spacial score (nSPS) is 16.0. The van der Waals surface area contributed by atoms with Crippen LogP contribution >= 0.6 is 0 Å². The smallest absolute Gasteiger partial charge is 0.387 e. The monoisotopic (exact) mass is 285 g/mol. The standard InChI is InChI=1S/C17H19NO3/c1-12-7-9-15-14(11-12)8-10-16(18(15)20)21-17(19)13-5-3-2-4-6-13/h7-11,13H,2-6H2,1H3. The minimum Gasteiger partial charge on any atom is -0.616 e. The zero-order valence-electron chi connectivity index (χ0n) is 12.2. The van der Waals surface area contributed by atoms with E-state index < -0.39 is 0 Å². The lowest BCUT2D eigenvalue weighted by Crippen LogP contribution is -2.33. The van der Waals surface area contributed by atoms with Crippen molar-refractivity contribution in [2.24, 2.45) is 5.92 Å². The molecule has 0 spiro atoms. The Morgan fingerprint density at radius 1 is 1.19 bits per heavy atom. The van der Waals surface area contributed by atoms with Crippen molar-refractivity contribution in [2.75, 3.05) is 0 Å². The van der Waals surface area contributed by atoms with Gasteiger partial charge in [0.2, 0.25) is 5.52 Å². The van der Waals surface area contributed by atoms with Crippen molar-refractivity contribution in [1.29, 1.82) is 0 Å². The number of pyridine rings is 1. The molecule has 21 heavy (non-hydrogen) atoms. The Hall–Kier alpha value is -2.10. The van der Waals surface area contributed by atoms with Gasteiger partial charge in [-0.3, -0.25) is 4.79 Å². The maximum atomic E-state index is 12.3. The molecular formula is C17H19NO3. The number of hydrogen-bond donors (Lipinski definition) is 0. The van der Waals surface area contributed by atoms with Crippen molar-refractivity contribution < 1.29 is 14.3 Å². The molecule has 110 valence electrons. The Bertz CT molecular complexity index is 675. The first-order valence-electron chi connectivity index (χ1n) is 7.50. The third-order valence-corrected chi connectivity index (χ3v) is 4.15. The van der Waals surface area contributed by atoms with Crippen molar-refractivity contribution in [3.8, 4) is 5.88 Å². The Kier molecular flexibility index (Phi) is 3.78. The van der Waals surface area contributed by atoms with Gasteiger partial charge in [-0.25, -0.2) is 0 Å². The summed E-state index contributed by atoms with van der Waals surface area (Å²) in [6, 6.07) is 8.98. The zero-order chi connectivity index (χ0) is 14.8. The van der Waals surface area contributed by atoms with Crippen molar-refractivity contribution in [3.05, 3.63) is 41.1 Å². The SMILES string of the molecule is Cc1ccc2c(ccc(OC(=O)C3CCCCC3)[n+]2[O-])c1. The largest absolute Gasteiger partial charge is 0.616 e. The predicted octanol–water partition coefficient (Wildman–Crippen LogP) is 3.27. The summed E-state index contributed by atoms with van der Waals surface area (Å²) in [4.78, 5) is 12.1. The Morgan fingerprint density at radius 3 is 2.71 bits per heavy atom. The number of benzene rings is 1. The molecule has 1 fully saturated rings. The third kappa shape index (κ3) is 2.84. The highest BCUT2D eigenvalue weighted by Crippen LogP contribution is 2.25. The van der Waals surface area contributed by atoms with Gasteiger partial charge >= 0.3 is 11.8 Å². The fourth-order valence-electron chi connectivity index (χ4n) is 2.94. The molecule has 1 aliphatic rings. The molecule has 3 rings (SSSR count). The quantitative estimate of drug-likeness (QED) is 0.483. The molecule has 0 atom stereocenters. The van der Waals surface area contributed by atoms with E-state index in [2.05, 4.69) is 0 Å². The average molecular weight is 285 g/mol. The second kappa shape index (κ2) is 5.72. The molecule has 4 heteroatoms. The number of carbonyl (C=O) groups excluding carboxylic acids is 1. The second-order valence-electron chi connectivity index (χ2n) is 5.78. The van der Waals surface area contributed by atoms with Crippen molar-refractivity contribution in [1.82, 2.24) is 0 Å². The molecule has 0 bridgehead atoms. The van der Waals surface area contributed by atoms with E-state index in [1.165, 1.54) is 6.42 Å². The number of aryl methyl sites for hydroxylation is 1. The van der Waals surface area contributed by atoms with Gasteiger partial charge in [-0.05, 0) is 31.9 Å². The van der Waals surface area contributed by atoms with Crippen LogP contribution in [-0.2, 0) is 4.79 Å². The fraction of sp³-hybridized carbons (Fsp3) is 0.412. The summed E-state index contributed by atoms with van der Waals surface area (Å²) in [7, 11) is 0. The summed E-state index contributed by atoms with van der Waals surface area (Å²) in [5.74, 6) is -0.264. The van der Waals surface area contributed by atoms with Gasteiger partial charge in [0.05, 0.1) is 12.0 Å². The lowest BCUT2D eigenvalue weighted by molar-refractivity contribution is -0.583. The molecule has 0 radical (unpaired) electrons. The van der Waals surface area contributed by atoms with Crippen LogP contribution < -0.4 is 9.47 Å². The lowest BCUT2D eigenvalue weighted by Gasteiger charge is -2.19. The number of aromatic nitrogens is 1.